The van der Waals surface area contributed by atoms with Crippen molar-refractivity contribution in [3.05, 3.63) is 56.0 Å². The molecule has 0 radical (unpaired) electrons. The van der Waals surface area contributed by atoms with Crippen molar-refractivity contribution < 1.29 is 0 Å². The second-order valence-electron chi connectivity index (χ2n) is 3.55. The lowest BCUT2D eigenvalue weighted by atomic mass is 10.2. The molecule has 2 rings (SSSR count). The topological polar surface area (TPSA) is 47.8 Å². The Balaban J connectivity index is 2.34. The summed E-state index contributed by atoms with van der Waals surface area (Å²) in [5.74, 6) is 0. The summed E-state index contributed by atoms with van der Waals surface area (Å²) in [6.07, 6.45) is 6.67. The van der Waals surface area contributed by atoms with E-state index >= 15 is 0 Å². The molecule has 16 heavy (non-hydrogen) atoms. The van der Waals surface area contributed by atoms with E-state index < -0.39 is 0 Å². The molecule has 0 aromatic carbocycles. The molecule has 0 N–H and O–H groups in total. The van der Waals surface area contributed by atoms with Crippen LogP contribution >= 0.6 is 22.6 Å². The molecule has 0 saturated carbocycles. The fraction of sp³-hybridized carbons (Fsp3) is 0.182. The van der Waals surface area contributed by atoms with Crippen LogP contribution in [-0.4, -0.2) is 14.5 Å². The Morgan fingerprint density at radius 2 is 2.12 bits per heavy atom. The van der Waals surface area contributed by atoms with E-state index in [2.05, 4.69) is 9.97 Å². The van der Waals surface area contributed by atoms with Crippen molar-refractivity contribution in [1.82, 2.24) is 14.5 Å². The summed E-state index contributed by atoms with van der Waals surface area (Å²) in [6, 6.07) is 2.01. The summed E-state index contributed by atoms with van der Waals surface area (Å²) >= 11 is 1.99. The quantitative estimate of drug-likeness (QED) is 0.787. The zero-order chi connectivity index (χ0) is 11.5. The van der Waals surface area contributed by atoms with Gasteiger partial charge in [-0.3, -0.25) is 14.3 Å². The molecule has 0 saturated heterocycles. The van der Waals surface area contributed by atoms with Crippen LogP contribution < -0.4 is 5.56 Å². The van der Waals surface area contributed by atoms with Gasteiger partial charge in [0.1, 0.15) is 0 Å². The summed E-state index contributed by atoms with van der Waals surface area (Å²) in [6.45, 7) is 2.49. The van der Waals surface area contributed by atoms with E-state index in [0.29, 0.717) is 10.1 Å². The van der Waals surface area contributed by atoms with Crippen LogP contribution in [0.3, 0.4) is 0 Å². The first kappa shape index (κ1) is 11.3. The van der Waals surface area contributed by atoms with Gasteiger partial charge in [0.2, 0.25) is 0 Å². The van der Waals surface area contributed by atoms with Gasteiger partial charge < -0.3 is 0 Å². The van der Waals surface area contributed by atoms with Crippen molar-refractivity contribution in [2.45, 2.75) is 13.5 Å². The van der Waals surface area contributed by atoms with Crippen molar-refractivity contribution in [3.63, 3.8) is 0 Å². The van der Waals surface area contributed by atoms with Crippen LogP contribution in [0.2, 0.25) is 0 Å². The van der Waals surface area contributed by atoms with Crippen molar-refractivity contribution in [2.24, 2.45) is 0 Å². The van der Waals surface area contributed by atoms with Crippen LogP contribution in [0.15, 0.2) is 35.8 Å². The van der Waals surface area contributed by atoms with Crippen LogP contribution in [0.5, 0.6) is 0 Å². The normalized spacial score (nSPS) is 10.4. The van der Waals surface area contributed by atoms with Gasteiger partial charge in [-0.2, -0.15) is 0 Å². The summed E-state index contributed by atoms with van der Waals surface area (Å²) in [7, 11) is 0. The molecule has 82 valence electrons. The van der Waals surface area contributed by atoms with E-state index in [1.54, 1.807) is 29.5 Å². The fourth-order valence-electron chi connectivity index (χ4n) is 1.44. The van der Waals surface area contributed by atoms with Crippen molar-refractivity contribution in [1.29, 1.82) is 0 Å². The first-order chi connectivity index (χ1) is 7.66. The van der Waals surface area contributed by atoms with E-state index in [9.17, 15) is 4.79 Å². The van der Waals surface area contributed by atoms with Crippen LogP contribution in [0.4, 0.5) is 0 Å². The van der Waals surface area contributed by atoms with Gasteiger partial charge in [-0.25, -0.2) is 4.98 Å². The Morgan fingerprint density at radius 1 is 1.31 bits per heavy atom. The minimum Gasteiger partial charge on any atom is -0.294 e. The fourth-order valence-corrected chi connectivity index (χ4v) is 1.91. The molecule has 0 atom stereocenters. The molecular weight excluding hydrogens is 317 g/mol. The molecule has 0 aliphatic rings. The van der Waals surface area contributed by atoms with E-state index in [4.69, 9.17) is 0 Å². The third-order valence-corrected chi connectivity index (χ3v) is 2.88. The molecule has 2 aromatic rings. The molecule has 0 unspecified atom stereocenters. The first-order valence-electron chi connectivity index (χ1n) is 4.77. The van der Waals surface area contributed by atoms with Crippen molar-refractivity contribution in [2.75, 3.05) is 0 Å². The lowest BCUT2D eigenvalue weighted by Gasteiger charge is -2.05. The second kappa shape index (κ2) is 4.73. The first-order valence-corrected chi connectivity index (χ1v) is 5.85. The van der Waals surface area contributed by atoms with Gasteiger partial charge in [0, 0.05) is 18.6 Å². The molecule has 0 bridgehead atoms. The van der Waals surface area contributed by atoms with Crippen LogP contribution in [0.1, 0.15) is 11.1 Å². The van der Waals surface area contributed by atoms with Gasteiger partial charge in [-0.15, -0.1) is 0 Å². The van der Waals surface area contributed by atoms with Gasteiger partial charge >= 0.3 is 0 Å². The highest BCUT2D eigenvalue weighted by atomic mass is 127. The number of hydrogen-bond donors (Lipinski definition) is 0. The third-order valence-electron chi connectivity index (χ3n) is 2.14. The maximum Gasteiger partial charge on any atom is 0.267 e. The van der Waals surface area contributed by atoms with Gasteiger partial charge in [0.15, 0.2) is 0 Å². The smallest absolute Gasteiger partial charge is 0.267 e. The molecule has 4 nitrogen and oxygen atoms in total. The summed E-state index contributed by atoms with van der Waals surface area (Å²) in [4.78, 5) is 19.8. The summed E-state index contributed by atoms with van der Waals surface area (Å²) < 4.78 is 2.21. The van der Waals surface area contributed by atoms with Crippen LogP contribution in [0, 0.1) is 10.5 Å². The number of aryl methyl sites for hydroxylation is 1. The SMILES string of the molecule is Cc1cncc(Cn2cncc(I)c2=O)c1. The molecule has 0 spiro atoms. The largest absolute Gasteiger partial charge is 0.294 e. The molecule has 5 heteroatoms. The number of rotatable bonds is 2. The number of pyridine rings is 1. The van der Waals surface area contributed by atoms with Crippen molar-refractivity contribution in [3.8, 4) is 0 Å². The molecule has 2 heterocycles. The minimum absolute atomic E-state index is 0.0166. The molecular formula is C11H10IN3O. The Bertz CT molecular complexity index is 565. The maximum absolute atomic E-state index is 11.8. The van der Waals surface area contributed by atoms with Crippen LogP contribution in [0.25, 0.3) is 0 Å². The standard InChI is InChI=1S/C11H10IN3O/c1-8-2-9(4-13-3-8)6-15-7-14-5-10(12)11(15)16/h2-5,7H,6H2,1H3. The number of nitrogens with zero attached hydrogens (tertiary/aromatic N) is 3. The summed E-state index contributed by atoms with van der Waals surface area (Å²) in [5.41, 5.74) is 2.08. The zero-order valence-electron chi connectivity index (χ0n) is 8.72. The Kier molecular flexibility index (Phi) is 3.33. The predicted octanol–water partition coefficient (Wildman–Crippen LogP) is 1.60. The van der Waals surface area contributed by atoms with Gasteiger partial charge in [-0.1, -0.05) is 6.07 Å². The van der Waals surface area contributed by atoms with Gasteiger partial charge in [0.05, 0.1) is 16.4 Å². The number of aromatic nitrogens is 3. The van der Waals surface area contributed by atoms with Crippen LogP contribution in [-0.2, 0) is 6.54 Å². The highest BCUT2D eigenvalue weighted by molar-refractivity contribution is 14.1. The average Bonchev–Trinajstić information content (AvgIpc) is 2.25. The number of halogens is 1. The van der Waals surface area contributed by atoms with Gasteiger partial charge in [-0.05, 0) is 40.6 Å². The molecule has 0 aliphatic carbocycles. The second-order valence-corrected chi connectivity index (χ2v) is 4.71. The van der Waals surface area contributed by atoms with Crippen molar-refractivity contribution >= 4 is 22.6 Å². The lowest BCUT2D eigenvalue weighted by molar-refractivity contribution is 0.727. The molecule has 0 fully saturated rings. The van der Waals surface area contributed by atoms with Gasteiger partial charge in [0.25, 0.3) is 5.56 Å². The van der Waals surface area contributed by atoms with E-state index in [0.717, 1.165) is 11.1 Å². The minimum atomic E-state index is -0.0166. The third kappa shape index (κ3) is 2.46. The zero-order valence-corrected chi connectivity index (χ0v) is 10.9. The highest BCUT2D eigenvalue weighted by Crippen LogP contribution is 2.03. The number of hydrogen-bond acceptors (Lipinski definition) is 3. The molecule has 2 aromatic heterocycles. The van der Waals surface area contributed by atoms with E-state index in [1.807, 2.05) is 35.6 Å². The predicted molar refractivity (Wildman–Crippen MR) is 69.3 cm³/mol. The Labute approximate surface area is 107 Å². The highest BCUT2D eigenvalue weighted by Gasteiger charge is 2.02. The summed E-state index contributed by atoms with van der Waals surface area (Å²) in [5, 5.41) is 0. The van der Waals surface area contributed by atoms with E-state index in [1.165, 1.54) is 0 Å². The van der Waals surface area contributed by atoms with E-state index in [-0.39, 0.29) is 5.56 Å². The molecule has 0 aliphatic heterocycles. The average molecular weight is 327 g/mol. The Morgan fingerprint density at radius 3 is 2.88 bits per heavy atom. The lowest BCUT2D eigenvalue weighted by Crippen LogP contribution is -2.23. The monoisotopic (exact) mass is 327 g/mol. The Hall–Kier alpha value is -1.24. The maximum atomic E-state index is 11.8. The molecule has 0 amide bonds.